The molecule has 1 atom stereocenters. The van der Waals surface area contributed by atoms with Crippen LogP contribution in [-0.2, 0) is 14.8 Å². The second-order valence-corrected chi connectivity index (χ2v) is 7.07. The third-order valence-electron chi connectivity index (χ3n) is 3.76. The number of nitrogens with one attached hydrogen (secondary N) is 2. The number of hydrogen-bond donors (Lipinski definition) is 2. The summed E-state index contributed by atoms with van der Waals surface area (Å²) in [5, 5.41) is 3.18. The number of pyridine rings is 1. The lowest BCUT2D eigenvalue weighted by Gasteiger charge is -2.32. The minimum absolute atomic E-state index is 0.0196. The first-order chi connectivity index (χ1) is 10.5. The number of hydrogen-bond acceptors (Lipinski definition) is 5. The van der Waals surface area contributed by atoms with Gasteiger partial charge in [0.05, 0.1) is 0 Å². The highest BCUT2D eigenvalue weighted by molar-refractivity contribution is 7.89. The molecule has 1 aliphatic heterocycles. The topological polar surface area (TPSA) is 91.4 Å². The molecule has 1 saturated heterocycles. The lowest BCUT2D eigenvalue weighted by molar-refractivity contribution is -0.132. The largest absolute Gasteiger partial charge is 0.341 e. The molecule has 0 aliphatic carbocycles. The maximum Gasteiger partial charge on any atom is 0.242 e. The summed E-state index contributed by atoms with van der Waals surface area (Å²) in [6.07, 6.45) is 4.99. The summed E-state index contributed by atoms with van der Waals surface area (Å²) >= 11 is 0. The molecule has 0 radical (unpaired) electrons. The highest BCUT2D eigenvalue weighted by Gasteiger charge is 2.22. The molecule has 22 heavy (non-hydrogen) atoms. The Morgan fingerprint density at radius 2 is 2.32 bits per heavy atom. The zero-order chi connectivity index (χ0) is 16.0. The first-order valence-corrected chi connectivity index (χ1v) is 8.86. The number of carbonyl (C=O) groups is 1. The van der Waals surface area contributed by atoms with Crippen molar-refractivity contribution in [3.8, 4) is 0 Å². The third kappa shape index (κ3) is 4.49. The Bertz CT molecular complexity index is 591. The smallest absolute Gasteiger partial charge is 0.242 e. The lowest BCUT2D eigenvalue weighted by atomic mass is 10.1. The van der Waals surface area contributed by atoms with Crippen LogP contribution in [0.4, 0.5) is 0 Å². The molecule has 1 amide bonds. The van der Waals surface area contributed by atoms with Crippen LogP contribution >= 0.6 is 0 Å². The Morgan fingerprint density at radius 3 is 3.00 bits per heavy atom. The third-order valence-corrected chi connectivity index (χ3v) is 5.20. The number of amides is 1. The number of aromatic nitrogens is 1. The Labute approximate surface area is 131 Å². The van der Waals surface area contributed by atoms with Crippen molar-refractivity contribution in [2.45, 2.75) is 30.2 Å². The van der Waals surface area contributed by atoms with E-state index in [9.17, 15) is 13.2 Å². The Morgan fingerprint density at radius 1 is 1.50 bits per heavy atom. The van der Waals surface area contributed by atoms with Gasteiger partial charge in [0.2, 0.25) is 15.9 Å². The maximum atomic E-state index is 12.1. The minimum atomic E-state index is -3.60. The van der Waals surface area contributed by atoms with Crippen LogP contribution in [0.5, 0.6) is 0 Å². The fourth-order valence-electron chi connectivity index (χ4n) is 2.48. The maximum absolute atomic E-state index is 12.1. The van der Waals surface area contributed by atoms with Crippen LogP contribution in [0, 0.1) is 0 Å². The quantitative estimate of drug-likeness (QED) is 0.765. The second kappa shape index (κ2) is 7.66. The number of likely N-dealkylation sites (tertiary alicyclic amines) is 1. The van der Waals surface area contributed by atoms with Crippen LogP contribution in [-0.4, -0.2) is 56.9 Å². The van der Waals surface area contributed by atoms with E-state index in [0.29, 0.717) is 12.6 Å². The van der Waals surface area contributed by atoms with E-state index in [1.807, 2.05) is 7.05 Å². The van der Waals surface area contributed by atoms with Crippen LogP contribution in [0.3, 0.4) is 0 Å². The molecule has 1 aliphatic rings. The van der Waals surface area contributed by atoms with Gasteiger partial charge in [-0.3, -0.25) is 9.78 Å². The van der Waals surface area contributed by atoms with Gasteiger partial charge in [-0.2, -0.15) is 0 Å². The van der Waals surface area contributed by atoms with Crippen LogP contribution in [0.2, 0.25) is 0 Å². The molecule has 1 aromatic rings. The molecule has 8 heteroatoms. The molecule has 0 aromatic carbocycles. The van der Waals surface area contributed by atoms with E-state index in [1.165, 1.54) is 18.5 Å². The molecule has 1 fully saturated rings. The summed E-state index contributed by atoms with van der Waals surface area (Å²) in [5.74, 6) is -0.0196. The summed E-state index contributed by atoms with van der Waals surface area (Å²) < 4.78 is 26.4. The van der Waals surface area contributed by atoms with E-state index < -0.39 is 10.0 Å². The first kappa shape index (κ1) is 16.9. The van der Waals surface area contributed by atoms with Gasteiger partial charge < -0.3 is 10.2 Å². The number of rotatable bonds is 6. The molecule has 1 aromatic heterocycles. The fraction of sp³-hybridized carbons (Fsp3) is 0.571. The first-order valence-electron chi connectivity index (χ1n) is 7.37. The summed E-state index contributed by atoms with van der Waals surface area (Å²) in [7, 11) is -1.71. The molecule has 0 saturated carbocycles. The van der Waals surface area contributed by atoms with Gasteiger partial charge in [0.25, 0.3) is 0 Å². The SMILES string of the molecule is CNC1CCCN(C(=O)CCNS(=O)(=O)c2cccnc2)C1. The van der Waals surface area contributed by atoms with E-state index in [1.54, 1.807) is 11.0 Å². The average Bonchev–Trinajstić information content (AvgIpc) is 2.55. The van der Waals surface area contributed by atoms with Crippen molar-refractivity contribution in [3.05, 3.63) is 24.5 Å². The molecule has 0 bridgehead atoms. The summed E-state index contributed by atoms with van der Waals surface area (Å²) in [6, 6.07) is 3.36. The molecule has 2 heterocycles. The Balaban J connectivity index is 1.82. The monoisotopic (exact) mass is 326 g/mol. The van der Waals surface area contributed by atoms with E-state index in [-0.39, 0.29) is 23.8 Å². The summed E-state index contributed by atoms with van der Waals surface area (Å²) in [4.78, 5) is 17.8. The van der Waals surface area contributed by atoms with Crippen molar-refractivity contribution in [2.75, 3.05) is 26.7 Å². The van der Waals surface area contributed by atoms with Crippen molar-refractivity contribution in [1.29, 1.82) is 0 Å². The number of likely N-dealkylation sites (N-methyl/N-ethyl adjacent to an activating group) is 1. The minimum Gasteiger partial charge on any atom is -0.341 e. The summed E-state index contributed by atoms with van der Waals surface area (Å²) in [6.45, 7) is 1.52. The normalized spacial score (nSPS) is 19.1. The van der Waals surface area contributed by atoms with E-state index in [4.69, 9.17) is 0 Å². The molecular weight excluding hydrogens is 304 g/mol. The van der Waals surface area contributed by atoms with Crippen LogP contribution in [0.1, 0.15) is 19.3 Å². The molecule has 1 unspecified atom stereocenters. The predicted octanol–water partition coefficient (Wildman–Crippen LogP) is -0.0396. The number of carbonyl (C=O) groups excluding carboxylic acids is 1. The highest BCUT2D eigenvalue weighted by Crippen LogP contribution is 2.11. The van der Waals surface area contributed by atoms with Gasteiger partial charge >= 0.3 is 0 Å². The molecular formula is C14H22N4O3S. The van der Waals surface area contributed by atoms with Gasteiger partial charge in [-0.15, -0.1) is 0 Å². The molecule has 7 nitrogen and oxygen atoms in total. The van der Waals surface area contributed by atoms with E-state index >= 15 is 0 Å². The van der Waals surface area contributed by atoms with E-state index in [0.717, 1.165) is 19.4 Å². The Kier molecular flexibility index (Phi) is 5.87. The van der Waals surface area contributed by atoms with Gasteiger partial charge in [0, 0.05) is 44.5 Å². The fourth-order valence-corrected chi connectivity index (χ4v) is 3.47. The number of piperidine rings is 1. The van der Waals surface area contributed by atoms with Crippen molar-refractivity contribution < 1.29 is 13.2 Å². The predicted molar refractivity (Wildman–Crippen MR) is 82.7 cm³/mol. The molecule has 122 valence electrons. The standard InChI is InChI=1S/C14H22N4O3S/c1-15-12-4-3-9-18(11-12)14(19)6-8-17-22(20,21)13-5-2-7-16-10-13/h2,5,7,10,12,15,17H,3-4,6,8-9,11H2,1H3. The number of nitrogens with zero attached hydrogens (tertiary/aromatic N) is 2. The van der Waals surface area contributed by atoms with Crippen molar-refractivity contribution >= 4 is 15.9 Å². The van der Waals surface area contributed by atoms with Gasteiger partial charge in [0.15, 0.2) is 0 Å². The second-order valence-electron chi connectivity index (χ2n) is 5.30. The van der Waals surface area contributed by atoms with Crippen molar-refractivity contribution in [3.63, 3.8) is 0 Å². The molecule has 0 spiro atoms. The van der Waals surface area contributed by atoms with Crippen LogP contribution in [0.25, 0.3) is 0 Å². The van der Waals surface area contributed by atoms with Gasteiger partial charge in [-0.25, -0.2) is 13.1 Å². The Hall–Kier alpha value is -1.51. The van der Waals surface area contributed by atoms with Crippen LogP contribution < -0.4 is 10.0 Å². The van der Waals surface area contributed by atoms with Gasteiger partial charge in [0.1, 0.15) is 4.90 Å². The van der Waals surface area contributed by atoms with Crippen LogP contribution in [0.15, 0.2) is 29.4 Å². The van der Waals surface area contributed by atoms with Crippen molar-refractivity contribution in [2.24, 2.45) is 0 Å². The van der Waals surface area contributed by atoms with E-state index in [2.05, 4.69) is 15.0 Å². The van der Waals surface area contributed by atoms with Gasteiger partial charge in [-0.05, 0) is 32.0 Å². The number of sulfonamides is 1. The highest BCUT2D eigenvalue weighted by atomic mass is 32.2. The molecule has 2 N–H and O–H groups in total. The summed E-state index contributed by atoms with van der Waals surface area (Å²) in [5.41, 5.74) is 0. The van der Waals surface area contributed by atoms with Gasteiger partial charge in [-0.1, -0.05) is 0 Å². The average molecular weight is 326 g/mol. The molecule has 2 rings (SSSR count). The zero-order valence-electron chi connectivity index (χ0n) is 12.7. The zero-order valence-corrected chi connectivity index (χ0v) is 13.5. The van der Waals surface area contributed by atoms with Crippen molar-refractivity contribution in [1.82, 2.24) is 19.9 Å². The lowest BCUT2D eigenvalue weighted by Crippen LogP contribution is -2.47.